The van der Waals surface area contributed by atoms with Gasteiger partial charge in [-0.3, -0.25) is 9.59 Å². The van der Waals surface area contributed by atoms with Gasteiger partial charge in [0.25, 0.3) is 11.5 Å². The van der Waals surface area contributed by atoms with Gasteiger partial charge in [0, 0.05) is 28.9 Å². The summed E-state index contributed by atoms with van der Waals surface area (Å²) in [5.74, 6) is 0.345. The maximum Gasteiger partial charge on any atom is 0.274 e. The molecule has 6 aromatic rings. The van der Waals surface area contributed by atoms with E-state index in [2.05, 4.69) is 112 Å². The Bertz CT molecular complexity index is 1880. The highest BCUT2D eigenvalue weighted by atomic mass is 79.9. The number of anilines is 1. The standard InChI is InChI=1S/C38H32BrN2O3P/c1-41-36-23-20-30(39)26-29(36)27-35(38(41)43)40-37(42)28-18-21-31(22-19-28)44-24-11-25-45(32-12-5-2-6-13-32,33-14-7-3-8-15-33)34-16-9-4-10-17-34/h2-10,12-23,26-27H,11,24-25H2,1H3/p+1. The van der Waals surface area contributed by atoms with Crippen molar-refractivity contribution in [1.82, 2.24) is 4.57 Å². The van der Waals surface area contributed by atoms with Crippen LogP contribution in [0.5, 0.6) is 5.75 Å². The normalized spacial score (nSPS) is 11.3. The number of fused-ring (bicyclic) bond motifs is 1. The monoisotopic (exact) mass is 675 g/mol. The first kappa shape index (κ1) is 30.5. The lowest BCUT2D eigenvalue weighted by Gasteiger charge is -2.27. The molecule has 45 heavy (non-hydrogen) atoms. The Kier molecular flexibility index (Phi) is 9.25. The van der Waals surface area contributed by atoms with Crippen molar-refractivity contribution >= 4 is 61.6 Å². The van der Waals surface area contributed by atoms with Crippen molar-refractivity contribution in [1.29, 1.82) is 0 Å². The van der Waals surface area contributed by atoms with Crippen LogP contribution in [0, 0.1) is 0 Å². The number of carbonyl (C=O) groups is 1. The Morgan fingerprint density at radius 2 is 1.31 bits per heavy atom. The van der Waals surface area contributed by atoms with Crippen LogP contribution in [0.25, 0.3) is 10.9 Å². The maximum absolute atomic E-state index is 13.1. The van der Waals surface area contributed by atoms with E-state index in [-0.39, 0.29) is 17.2 Å². The van der Waals surface area contributed by atoms with Gasteiger partial charge in [-0.05, 0) is 84.9 Å². The van der Waals surface area contributed by atoms with E-state index in [9.17, 15) is 9.59 Å². The highest BCUT2D eigenvalue weighted by Crippen LogP contribution is 2.55. The molecule has 7 heteroatoms. The quantitative estimate of drug-likeness (QED) is 0.122. The van der Waals surface area contributed by atoms with Crippen molar-refractivity contribution < 1.29 is 9.53 Å². The first-order valence-corrected chi connectivity index (χ1v) is 17.6. The number of hydrogen-bond acceptors (Lipinski definition) is 3. The molecule has 0 unspecified atom stereocenters. The number of benzene rings is 5. The zero-order valence-electron chi connectivity index (χ0n) is 24.9. The van der Waals surface area contributed by atoms with Gasteiger partial charge in [0.2, 0.25) is 0 Å². The predicted octanol–water partition coefficient (Wildman–Crippen LogP) is 7.32. The lowest BCUT2D eigenvalue weighted by atomic mass is 10.1. The average Bonchev–Trinajstić information content (AvgIpc) is 3.08. The number of nitrogens with zero attached hydrogens (tertiary/aromatic N) is 1. The van der Waals surface area contributed by atoms with Crippen LogP contribution in [0.4, 0.5) is 5.69 Å². The van der Waals surface area contributed by atoms with E-state index in [0.29, 0.717) is 17.9 Å². The number of rotatable bonds is 10. The van der Waals surface area contributed by atoms with E-state index in [4.69, 9.17) is 4.74 Å². The molecular weight excluding hydrogens is 643 g/mol. The Balaban J connectivity index is 1.16. The van der Waals surface area contributed by atoms with Crippen molar-refractivity contribution in [3.63, 3.8) is 0 Å². The van der Waals surface area contributed by atoms with Crippen molar-refractivity contribution in [2.75, 3.05) is 18.1 Å². The minimum atomic E-state index is -1.92. The highest BCUT2D eigenvalue weighted by molar-refractivity contribution is 9.10. The molecule has 0 radical (unpaired) electrons. The molecule has 1 aromatic heterocycles. The van der Waals surface area contributed by atoms with Crippen LogP contribution in [0.15, 0.2) is 149 Å². The molecule has 1 heterocycles. The van der Waals surface area contributed by atoms with Crippen LogP contribution in [0.2, 0.25) is 0 Å². The fourth-order valence-corrected chi connectivity index (χ4v) is 10.5. The van der Waals surface area contributed by atoms with Gasteiger partial charge in [-0.1, -0.05) is 70.5 Å². The lowest BCUT2D eigenvalue weighted by Crippen LogP contribution is -2.33. The summed E-state index contributed by atoms with van der Waals surface area (Å²) in [6.45, 7) is 0.544. The van der Waals surface area contributed by atoms with Crippen LogP contribution < -0.4 is 31.5 Å². The number of amides is 1. The number of pyridine rings is 1. The summed E-state index contributed by atoms with van der Waals surface area (Å²) in [5, 5.41) is 7.70. The largest absolute Gasteiger partial charge is 0.493 e. The van der Waals surface area contributed by atoms with Gasteiger partial charge in [0.1, 0.15) is 34.6 Å². The van der Waals surface area contributed by atoms with Gasteiger partial charge >= 0.3 is 0 Å². The third-order valence-corrected chi connectivity index (χ3v) is 13.1. The predicted molar refractivity (Wildman–Crippen MR) is 191 cm³/mol. The van der Waals surface area contributed by atoms with E-state index in [1.807, 2.05) is 18.2 Å². The number of ether oxygens (including phenoxy) is 1. The van der Waals surface area contributed by atoms with Crippen LogP contribution >= 0.6 is 23.2 Å². The van der Waals surface area contributed by atoms with Crippen molar-refractivity contribution in [3.05, 3.63) is 160 Å². The fraction of sp³-hybridized carbons (Fsp3) is 0.105. The van der Waals surface area contributed by atoms with Crippen LogP contribution in [0.1, 0.15) is 16.8 Å². The van der Waals surface area contributed by atoms with Crippen LogP contribution in [-0.4, -0.2) is 23.2 Å². The maximum atomic E-state index is 13.1. The second kappa shape index (κ2) is 13.6. The SMILES string of the molecule is Cn1c(=O)c(NC(=O)c2ccc(OCCC[P+](c3ccccc3)(c3ccccc3)c3ccccc3)cc2)cc2cc(Br)ccc21. The molecule has 0 atom stereocenters. The number of aryl methyl sites for hydroxylation is 1. The summed E-state index contributed by atoms with van der Waals surface area (Å²) < 4.78 is 8.62. The molecule has 6 rings (SSSR count). The lowest BCUT2D eigenvalue weighted by molar-refractivity contribution is 0.102. The molecule has 0 bridgehead atoms. The van der Waals surface area contributed by atoms with Crippen LogP contribution in [0.3, 0.4) is 0 Å². The number of aromatic nitrogens is 1. The first-order chi connectivity index (χ1) is 22.0. The van der Waals surface area contributed by atoms with E-state index < -0.39 is 7.26 Å². The van der Waals surface area contributed by atoms with Gasteiger partial charge < -0.3 is 14.6 Å². The molecule has 0 aliphatic heterocycles. The number of hydrogen-bond donors (Lipinski definition) is 1. The average molecular weight is 677 g/mol. The minimum Gasteiger partial charge on any atom is -0.493 e. The molecule has 0 saturated carbocycles. The van der Waals surface area contributed by atoms with Gasteiger partial charge in [-0.2, -0.15) is 0 Å². The molecule has 0 aliphatic carbocycles. The Morgan fingerprint density at radius 3 is 1.87 bits per heavy atom. The molecular formula is C38H33BrN2O3P+. The molecule has 0 fully saturated rings. The van der Waals surface area contributed by atoms with E-state index in [1.54, 1.807) is 41.9 Å². The first-order valence-electron chi connectivity index (χ1n) is 14.8. The second-order valence-corrected chi connectivity index (χ2v) is 15.4. The van der Waals surface area contributed by atoms with Gasteiger partial charge in [-0.25, -0.2) is 0 Å². The second-order valence-electron chi connectivity index (χ2n) is 10.8. The minimum absolute atomic E-state index is 0.232. The molecule has 1 N–H and O–H groups in total. The molecule has 5 nitrogen and oxygen atoms in total. The molecule has 224 valence electrons. The molecule has 0 saturated heterocycles. The van der Waals surface area contributed by atoms with Gasteiger partial charge in [0.05, 0.1) is 18.3 Å². The summed E-state index contributed by atoms with van der Waals surface area (Å²) in [5.41, 5.74) is 1.20. The summed E-state index contributed by atoms with van der Waals surface area (Å²) in [6, 6.07) is 46.9. The summed E-state index contributed by atoms with van der Waals surface area (Å²) in [6.07, 6.45) is 1.82. The van der Waals surface area contributed by atoms with Crippen molar-refractivity contribution in [3.8, 4) is 5.75 Å². The third-order valence-electron chi connectivity index (χ3n) is 8.05. The number of carbonyl (C=O) groups excluding carboxylic acids is 1. The summed E-state index contributed by atoms with van der Waals surface area (Å²) in [4.78, 5) is 26.0. The Labute approximate surface area is 272 Å². The summed E-state index contributed by atoms with van der Waals surface area (Å²) >= 11 is 3.47. The van der Waals surface area contributed by atoms with Gasteiger partial charge in [-0.15, -0.1) is 0 Å². The van der Waals surface area contributed by atoms with E-state index >= 15 is 0 Å². The van der Waals surface area contributed by atoms with Gasteiger partial charge in [0.15, 0.2) is 0 Å². The number of nitrogens with one attached hydrogen (secondary N) is 1. The van der Waals surface area contributed by atoms with Crippen molar-refractivity contribution in [2.45, 2.75) is 6.42 Å². The molecule has 0 spiro atoms. The smallest absolute Gasteiger partial charge is 0.274 e. The Hall–Kier alpha value is -4.51. The molecule has 5 aromatic carbocycles. The van der Waals surface area contributed by atoms with E-state index in [0.717, 1.165) is 28.0 Å². The molecule has 1 amide bonds. The third kappa shape index (κ3) is 6.49. The fourth-order valence-electron chi connectivity index (χ4n) is 5.81. The summed E-state index contributed by atoms with van der Waals surface area (Å²) in [7, 11) is -0.217. The number of halogens is 1. The topological polar surface area (TPSA) is 60.3 Å². The van der Waals surface area contributed by atoms with Crippen LogP contribution in [-0.2, 0) is 7.05 Å². The van der Waals surface area contributed by atoms with Crippen molar-refractivity contribution in [2.24, 2.45) is 7.05 Å². The molecule has 0 aliphatic rings. The zero-order chi connectivity index (χ0) is 31.2. The zero-order valence-corrected chi connectivity index (χ0v) is 27.4. The van der Waals surface area contributed by atoms with E-state index in [1.165, 1.54) is 15.9 Å². The highest BCUT2D eigenvalue weighted by Gasteiger charge is 2.44. The Morgan fingerprint density at radius 1 is 0.756 bits per heavy atom.